The number of carbonyl (C=O) groups excluding carboxylic acids is 2. The number of ether oxygens (including phenoxy) is 1. The number of Topliss-reactive ketones (excluding diaryl/α,β-unsaturated/α-hetero) is 1. The Balaban J connectivity index is 0.00000337. The number of rotatable bonds is 9. The Morgan fingerprint density at radius 2 is 1.61 bits per heavy atom. The predicted octanol–water partition coefficient (Wildman–Crippen LogP) is 4.28. The van der Waals surface area contributed by atoms with E-state index in [1.165, 1.54) is 20.1 Å². The Kier molecular flexibility index (Phi) is 12.1. The van der Waals surface area contributed by atoms with Gasteiger partial charge < -0.3 is 16.2 Å². The number of methoxy groups -OCH3 is 1. The number of aromatic nitrogens is 1. The van der Waals surface area contributed by atoms with E-state index in [1.54, 1.807) is 43.3 Å². The summed E-state index contributed by atoms with van der Waals surface area (Å²) in [6.07, 6.45) is 0. The molecule has 0 saturated heterocycles. The van der Waals surface area contributed by atoms with Crippen molar-refractivity contribution in [2.45, 2.75) is 36.6 Å². The number of hydrogen-bond donors (Lipinski definition) is 4. The molecule has 0 bridgehead atoms. The van der Waals surface area contributed by atoms with E-state index in [2.05, 4.69) is 20.5 Å². The summed E-state index contributed by atoms with van der Waals surface area (Å²) in [4.78, 5) is 29.0. The number of nitrogens with zero attached hydrogens (tertiary/aromatic N) is 3. The Bertz CT molecular complexity index is 1980. The summed E-state index contributed by atoms with van der Waals surface area (Å²) in [6, 6.07) is 10.4. The number of fused-ring (bicyclic) bond motifs is 1. The number of thiazole rings is 1. The predicted molar refractivity (Wildman–Crippen MR) is 167 cm³/mol. The van der Waals surface area contributed by atoms with Crippen molar-refractivity contribution in [1.82, 2.24) is 11.1 Å². The van der Waals surface area contributed by atoms with Crippen LogP contribution in [0.25, 0.3) is 20.8 Å². The van der Waals surface area contributed by atoms with Crippen LogP contribution in [0.3, 0.4) is 0 Å². The van der Waals surface area contributed by atoms with Gasteiger partial charge in [-0.25, -0.2) is 4.98 Å². The molecule has 1 unspecified atom stereocenters. The second-order valence-corrected chi connectivity index (χ2v) is 12.9. The minimum atomic E-state index is -4.54. The molecule has 0 radical (unpaired) electrons. The van der Waals surface area contributed by atoms with Crippen LogP contribution in [0.5, 0.6) is 5.75 Å². The van der Waals surface area contributed by atoms with Crippen LogP contribution >= 0.6 is 11.3 Å². The molecule has 0 aliphatic rings. The maximum atomic E-state index is 12.9. The van der Waals surface area contributed by atoms with Crippen LogP contribution in [0.4, 0.5) is 11.4 Å². The summed E-state index contributed by atoms with van der Waals surface area (Å²) in [5.74, 6) is -1.53. The number of carbonyl (C=O) groups is 2. The number of aryl methyl sites for hydroxylation is 2. The molecule has 4 aromatic rings. The van der Waals surface area contributed by atoms with Gasteiger partial charge in [0.05, 0.1) is 28.7 Å². The third-order valence-corrected chi connectivity index (χ3v) is 9.34. The molecule has 18 heteroatoms. The number of amides is 1. The van der Waals surface area contributed by atoms with Crippen molar-refractivity contribution >= 4 is 94.4 Å². The molecule has 1 amide bonds. The molecule has 1 atom stereocenters. The van der Waals surface area contributed by atoms with Gasteiger partial charge in [0.25, 0.3) is 26.1 Å². The van der Waals surface area contributed by atoms with Crippen LogP contribution in [0.1, 0.15) is 18.1 Å². The number of anilines is 1. The standard InChI is InChI=1S/C26H24N4O9S3.H3N.Na.H/c1-13-5-10-18-23(24(13)42(36,37)38)40-26(28-18)16-6-8-17(9-7-16)29-30-22(15(3)31)25(32)27-19-11-14(2)21(41(33,34)35)12-20(19)39-4;;;/h5-12,22H,1-4H3,(H,27,32)(H,33,34,35)(H,36,37,38);1H3;;. The van der Waals surface area contributed by atoms with E-state index >= 15 is 0 Å². The van der Waals surface area contributed by atoms with Gasteiger partial charge in [-0.05, 0) is 68.3 Å². The fraction of sp³-hybridized carbons (Fsp3) is 0.192. The summed E-state index contributed by atoms with van der Waals surface area (Å²) < 4.78 is 71.5. The quantitative estimate of drug-likeness (QED) is 0.0846. The number of ketones is 1. The molecule has 0 spiro atoms. The van der Waals surface area contributed by atoms with E-state index in [9.17, 15) is 35.5 Å². The minimum absolute atomic E-state index is 0. The van der Waals surface area contributed by atoms with E-state index in [-0.39, 0.29) is 57.6 Å². The molecule has 0 fully saturated rings. The van der Waals surface area contributed by atoms with Crippen molar-refractivity contribution in [1.29, 1.82) is 0 Å². The summed E-state index contributed by atoms with van der Waals surface area (Å²) >= 11 is 1.10. The molecular formula is C26H28N5NaO9S3. The van der Waals surface area contributed by atoms with Gasteiger partial charge in [0.15, 0.2) is 5.78 Å². The second kappa shape index (κ2) is 14.3. The molecule has 14 nitrogen and oxygen atoms in total. The molecule has 0 aliphatic carbocycles. The molecular weight excluding hydrogens is 646 g/mol. The summed E-state index contributed by atoms with van der Waals surface area (Å²) in [5.41, 5.74) is 1.93. The topological polar surface area (TPSA) is 237 Å². The van der Waals surface area contributed by atoms with Gasteiger partial charge >= 0.3 is 29.6 Å². The molecule has 1 heterocycles. The molecule has 0 saturated carbocycles. The van der Waals surface area contributed by atoms with Crippen LogP contribution in [0.15, 0.2) is 68.6 Å². The van der Waals surface area contributed by atoms with Crippen molar-refractivity contribution in [3.05, 3.63) is 59.7 Å². The van der Waals surface area contributed by atoms with E-state index in [0.717, 1.165) is 24.3 Å². The molecule has 6 N–H and O–H groups in total. The summed E-state index contributed by atoms with van der Waals surface area (Å²) in [6.45, 7) is 4.14. The van der Waals surface area contributed by atoms with E-state index in [0.29, 0.717) is 32.0 Å². The Hall–Kier alpha value is -3.13. The second-order valence-electron chi connectivity index (χ2n) is 9.11. The average molecular weight is 674 g/mol. The number of hydrogen-bond acceptors (Lipinski definition) is 12. The van der Waals surface area contributed by atoms with Gasteiger partial charge in [-0.1, -0.05) is 6.07 Å². The first-order valence-corrected chi connectivity index (χ1v) is 15.7. The monoisotopic (exact) mass is 673 g/mol. The first-order valence-electron chi connectivity index (χ1n) is 12.0. The average Bonchev–Trinajstić information content (AvgIpc) is 3.31. The number of azo groups is 1. The first kappa shape index (κ1) is 37.1. The number of benzene rings is 3. The third-order valence-electron chi connectivity index (χ3n) is 6.04. The summed E-state index contributed by atoms with van der Waals surface area (Å²) in [5, 5.41) is 10.9. The van der Waals surface area contributed by atoms with Gasteiger partial charge in [0.2, 0.25) is 6.04 Å². The molecule has 1 aromatic heterocycles. The van der Waals surface area contributed by atoms with Crippen LogP contribution in [-0.4, -0.2) is 85.3 Å². The van der Waals surface area contributed by atoms with E-state index in [1.807, 2.05) is 0 Å². The van der Waals surface area contributed by atoms with Crippen molar-refractivity contribution in [2.24, 2.45) is 10.2 Å². The van der Waals surface area contributed by atoms with Gasteiger partial charge in [0, 0.05) is 11.6 Å². The van der Waals surface area contributed by atoms with Gasteiger partial charge in [-0.15, -0.1) is 11.3 Å². The zero-order valence-corrected chi connectivity index (χ0v) is 25.7. The first-order chi connectivity index (χ1) is 19.6. The van der Waals surface area contributed by atoms with Gasteiger partial charge in [-0.2, -0.15) is 27.1 Å². The van der Waals surface area contributed by atoms with Crippen molar-refractivity contribution in [2.75, 3.05) is 12.4 Å². The Morgan fingerprint density at radius 1 is 0.977 bits per heavy atom. The van der Waals surface area contributed by atoms with Crippen LogP contribution < -0.4 is 16.2 Å². The molecule has 230 valence electrons. The molecule has 3 aromatic carbocycles. The van der Waals surface area contributed by atoms with E-state index < -0.39 is 42.9 Å². The number of nitrogens with one attached hydrogen (secondary N) is 1. The maximum absolute atomic E-state index is 12.9. The fourth-order valence-electron chi connectivity index (χ4n) is 4.04. The normalized spacial score (nSPS) is 12.3. The Labute approximate surface area is 279 Å². The van der Waals surface area contributed by atoms with Crippen LogP contribution in [0, 0.1) is 13.8 Å². The zero-order valence-electron chi connectivity index (χ0n) is 23.2. The van der Waals surface area contributed by atoms with Crippen LogP contribution in [0.2, 0.25) is 0 Å². The van der Waals surface area contributed by atoms with Gasteiger partial charge in [0.1, 0.15) is 20.5 Å². The summed E-state index contributed by atoms with van der Waals surface area (Å²) in [7, 11) is -7.75. The van der Waals surface area contributed by atoms with Crippen molar-refractivity contribution < 1.29 is 40.3 Å². The SMILES string of the molecule is COc1cc(S(=O)(=O)O)c(C)cc1NC(=O)C(N=Nc1ccc(-c2nc3ccc(C)c(S(=O)(=O)O)c3s2)cc1)C(C)=O.N.[NaH]. The zero-order chi connectivity index (χ0) is 31.0. The van der Waals surface area contributed by atoms with Crippen LogP contribution in [-0.2, 0) is 29.8 Å². The Morgan fingerprint density at radius 3 is 2.16 bits per heavy atom. The third kappa shape index (κ3) is 8.12. The molecule has 4 rings (SSSR count). The van der Waals surface area contributed by atoms with Gasteiger partial charge in [-0.3, -0.25) is 18.7 Å². The fourth-order valence-corrected chi connectivity index (χ4v) is 7.08. The molecule has 0 aliphatic heterocycles. The van der Waals surface area contributed by atoms with E-state index in [4.69, 9.17) is 4.74 Å². The van der Waals surface area contributed by atoms with Crippen molar-refractivity contribution in [3.8, 4) is 16.3 Å². The molecule has 44 heavy (non-hydrogen) atoms. The van der Waals surface area contributed by atoms with Crippen molar-refractivity contribution in [3.63, 3.8) is 0 Å².